The Morgan fingerprint density at radius 1 is 1.38 bits per heavy atom. The van der Waals surface area contributed by atoms with E-state index in [4.69, 9.17) is 9.47 Å². The van der Waals surface area contributed by atoms with Crippen molar-refractivity contribution in [1.29, 1.82) is 0 Å². The third kappa shape index (κ3) is 7.67. The Hall–Kier alpha value is -1.06. The predicted molar refractivity (Wildman–Crippen MR) is 118 cm³/mol. The summed E-state index contributed by atoms with van der Waals surface area (Å²) in [6.07, 6.45) is 1.10. The summed E-state index contributed by atoms with van der Waals surface area (Å²) in [5.74, 6) is 1.79. The Balaban J connectivity index is 0.00000338. The first-order valence-corrected chi connectivity index (χ1v) is 9.08. The van der Waals surface area contributed by atoms with E-state index in [1.165, 1.54) is 5.56 Å². The highest BCUT2D eigenvalue weighted by molar-refractivity contribution is 14.0. The average molecular weight is 476 g/mol. The number of nitrogens with one attached hydrogen (secondary N) is 2. The molecule has 1 unspecified atom stereocenters. The van der Waals surface area contributed by atoms with Gasteiger partial charge in [-0.25, -0.2) is 0 Å². The number of morpholine rings is 1. The third-order valence-corrected chi connectivity index (χ3v) is 4.32. The molecule has 0 radical (unpaired) electrons. The maximum atomic E-state index is 5.77. The molecule has 1 heterocycles. The van der Waals surface area contributed by atoms with Gasteiger partial charge in [0.1, 0.15) is 5.75 Å². The first kappa shape index (κ1) is 23.0. The molecular weight excluding hydrogens is 443 g/mol. The fourth-order valence-electron chi connectivity index (χ4n) is 2.86. The second kappa shape index (κ2) is 12.3. The van der Waals surface area contributed by atoms with E-state index >= 15 is 0 Å². The molecule has 1 aromatic carbocycles. The number of hydrogen-bond acceptors (Lipinski definition) is 4. The zero-order valence-electron chi connectivity index (χ0n) is 16.4. The summed E-state index contributed by atoms with van der Waals surface area (Å²) in [7, 11) is 3.84. The maximum Gasteiger partial charge on any atom is 0.191 e. The number of likely N-dealkylation sites (N-methyl/N-ethyl adjacent to an activating group) is 1. The molecule has 1 aliphatic heterocycles. The van der Waals surface area contributed by atoms with E-state index in [2.05, 4.69) is 59.6 Å². The molecule has 0 aromatic heterocycles. The van der Waals surface area contributed by atoms with Crippen LogP contribution < -0.4 is 15.4 Å². The summed E-state index contributed by atoms with van der Waals surface area (Å²) in [4.78, 5) is 6.96. The lowest BCUT2D eigenvalue weighted by atomic mass is 10.1. The van der Waals surface area contributed by atoms with Gasteiger partial charge in [0, 0.05) is 26.2 Å². The Labute approximate surface area is 174 Å². The molecule has 6 nitrogen and oxygen atoms in total. The van der Waals surface area contributed by atoms with Gasteiger partial charge in [-0.15, -0.1) is 24.0 Å². The first-order chi connectivity index (χ1) is 12.1. The molecule has 1 aliphatic rings. The van der Waals surface area contributed by atoms with Gasteiger partial charge in [0.2, 0.25) is 0 Å². The second-order valence-electron chi connectivity index (χ2n) is 6.46. The van der Waals surface area contributed by atoms with Crippen molar-refractivity contribution in [1.82, 2.24) is 15.5 Å². The zero-order valence-corrected chi connectivity index (χ0v) is 18.7. The Morgan fingerprint density at radius 2 is 2.19 bits per heavy atom. The molecule has 0 saturated carbocycles. The summed E-state index contributed by atoms with van der Waals surface area (Å²) in [6.45, 7) is 9.20. The monoisotopic (exact) mass is 476 g/mol. The smallest absolute Gasteiger partial charge is 0.191 e. The second-order valence-corrected chi connectivity index (χ2v) is 6.46. The minimum absolute atomic E-state index is 0. The van der Waals surface area contributed by atoms with Crippen LogP contribution in [0.1, 0.15) is 18.1 Å². The molecule has 1 atom stereocenters. The fourth-order valence-corrected chi connectivity index (χ4v) is 2.86. The Kier molecular flexibility index (Phi) is 10.9. The third-order valence-electron chi connectivity index (χ3n) is 4.32. The number of rotatable bonds is 7. The highest BCUT2D eigenvalue weighted by atomic mass is 127. The van der Waals surface area contributed by atoms with Crippen LogP contribution in [0.4, 0.5) is 0 Å². The molecule has 1 aromatic rings. The van der Waals surface area contributed by atoms with Gasteiger partial charge in [0.15, 0.2) is 5.96 Å². The average Bonchev–Trinajstić information content (AvgIpc) is 2.61. The fraction of sp³-hybridized carbons (Fsp3) is 0.632. The van der Waals surface area contributed by atoms with Crippen LogP contribution in [0.5, 0.6) is 5.75 Å². The lowest BCUT2D eigenvalue weighted by Gasteiger charge is -2.29. The number of methoxy groups -OCH3 is 1. The van der Waals surface area contributed by atoms with Gasteiger partial charge < -0.3 is 25.0 Å². The van der Waals surface area contributed by atoms with E-state index in [9.17, 15) is 0 Å². The van der Waals surface area contributed by atoms with E-state index in [-0.39, 0.29) is 30.1 Å². The maximum absolute atomic E-state index is 5.77. The first-order valence-electron chi connectivity index (χ1n) is 9.08. The summed E-state index contributed by atoms with van der Waals surface area (Å²) in [5.41, 5.74) is 2.41. The number of halogens is 1. The van der Waals surface area contributed by atoms with E-state index in [1.807, 2.05) is 0 Å². The minimum Gasteiger partial charge on any atom is -0.496 e. The lowest BCUT2D eigenvalue weighted by molar-refractivity contribution is -0.0136. The highest BCUT2D eigenvalue weighted by Gasteiger charge is 2.17. The van der Waals surface area contributed by atoms with Crippen LogP contribution in [0.25, 0.3) is 0 Å². The number of nitrogens with zero attached hydrogens (tertiary/aromatic N) is 2. The molecule has 26 heavy (non-hydrogen) atoms. The molecule has 1 fully saturated rings. The van der Waals surface area contributed by atoms with Crippen molar-refractivity contribution >= 4 is 29.9 Å². The number of aliphatic imine (C=N–C) groups is 1. The number of aryl methyl sites for hydroxylation is 1. The Bertz CT molecular complexity index is 568. The van der Waals surface area contributed by atoms with E-state index < -0.39 is 0 Å². The van der Waals surface area contributed by atoms with Gasteiger partial charge >= 0.3 is 0 Å². The van der Waals surface area contributed by atoms with Crippen molar-refractivity contribution < 1.29 is 9.47 Å². The molecule has 148 valence electrons. The molecule has 0 spiro atoms. The van der Waals surface area contributed by atoms with Crippen molar-refractivity contribution in [3.63, 3.8) is 0 Å². The number of benzene rings is 1. The molecule has 7 heteroatoms. The number of hydrogen-bond donors (Lipinski definition) is 2. The van der Waals surface area contributed by atoms with Gasteiger partial charge in [0.05, 0.1) is 26.4 Å². The lowest BCUT2D eigenvalue weighted by Crippen LogP contribution is -2.43. The molecule has 2 N–H and O–H groups in total. The Morgan fingerprint density at radius 3 is 2.88 bits per heavy atom. The summed E-state index contributed by atoms with van der Waals surface area (Å²) < 4.78 is 11.2. The molecule has 0 bridgehead atoms. The van der Waals surface area contributed by atoms with Crippen molar-refractivity contribution in [3.8, 4) is 5.75 Å². The highest BCUT2D eigenvalue weighted by Crippen LogP contribution is 2.18. The standard InChI is InChI=1S/C19H32N4O2.HI/c1-5-20-19(22-13-17-14-23(3)10-11-25-17)21-9-8-16-7-6-15(2)18(12-16)24-4;/h6-7,12,17H,5,8-11,13-14H2,1-4H3,(H2,20,21,22);1H. The van der Waals surface area contributed by atoms with Gasteiger partial charge in [-0.1, -0.05) is 12.1 Å². The SMILES string of the molecule is CCNC(=NCC1CN(C)CCO1)NCCc1ccc(C)c(OC)c1.I. The topological polar surface area (TPSA) is 58.1 Å². The van der Waals surface area contributed by atoms with Crippen LogP contribution in [0.3, 0.4) is 0 Å². The van der Waals surface area contributed by atoms with Crippen LogP contribution >= 0.6 is 24.0 Å². The minimum atomic E-state index is 0. The molecule has 0 amide bonds. The molecule has 0 aliphatic carbocycles. The summed E-state index contributed by atoms with van der Waals surface area (Å²) in [5, 5.41) is 6.70. The van der Waals surface area contributed by atoms with E-state index in [1.54, 1.807) is 7.11 Å². The molecule has 2 rings (SSSR count). The zero-order chi connectivity index (χ0) is 18.1. The summed E-state index contributed by atoms with van der Waals surface area (Å²) in [6, 6.07) is 6.35. The summed E-state index contributed by atoms with van der Waals surface area (Å²) >= 11 is 0. The van der Waals surface area contributed by atoms with Crippen LogP contribution in [-0.4, -0.2) is 70.5 Å². The van der Waals surface area contributed by atoms with E-state index in [0.29, 0.717) is 6.54 Å². The van der Waals surface area contributed by atoms with Crippen LogP contribution in [-0.2, 0) is 11.2 Å². The van der Waals surface area contributed by atoms with Gasteiger partial charge in [-0.3, -0.25) is 4.99 Å². The van der Waals surface area contributed by atoms with Gasteiger partial charge in [-0.2, -0.15) is 0 Å². The normalized spacial score (nSPS) is 18.2. The number of ether oxygens (including phenoxy) is 2. The van der Waals surface area contributed by atoms with Crippen LogP contribution in [0.15, 0.2) is 23.2 Å². The van der Waals surface area contributed by atoms with Gasteiger partial charge in [-0.05, 0) is 44.5 Å². The van der Waals surface area contributed by atoms with Crippen molar-refractivity contribution in [2.75, 3.05) is 53.5 Å². The predicted octanol–water partition coefficient (Wildman–Crippen LogP) is 2.05. The molecular formula is C19H33IN4O2. The van der Waals surface area contributed by atoms with Crippen molar-refractivity contribution in [3.05, 3.63) is 29.3 Å². The van der Waals surface area contributed by atoms with Crippen LogP contribution in [0.2, 0.25) is 0 Å². The number of guanidine groups is 1. The molecule has 1 saturated heterocycles. The van der Waals surface area contributed by atoms with Gasteiger partial charge in [0.25, 0.3) is 0 Å². The van der Waals surface area contributed by atoms with Crippen molar-refractivity contribution in [2.45, 2.75) is 26.4 Å². The van der Waals surface area contributed by atoms with Crippen molar-refractivity contribution in [2.24, 2.45) is 4.99 Å². The van der Waals surface area contributed by atoms with Crippen LogP contribution in [0, 0.1) is 6.92 Å². The van der Waals surface area contributed by atoms with E-state index in [0.717, 1.165) is 56.5 Å². The quantitative estimate of drug-likeness (QED) is 0.359. The largest absolute Gasteiger partial charge is 0.496 e.